The predicted octanol–water partition coefficient (Wildman–Crippen LogP) is 8.05. The second-order valence-electron chi connectivity index (χ2n) is 7.72. The van der Waals surface area contributed by atoms with Gasteiger partial charge < -0.3 is 0 Å². The van der Waals surface area contributed by atoms with Gasteiger partial charge in [0, 0.05) is 21.9 Å². The highest BCUT2D eigenvalue weighted by Crippen LogP contribution is 2.30. The number of halogens is 1. The lowest BCUT2D eigenvalue weighted by molar-refractivity contribution is 1.36. The molecule has 0 saturated heterocycles. The quantitative estimate of drug-likeness (QED) is 0.200. The van der Waals surface area contributed by atoms with Gasteiger partial charge in [0.15, 0.2) is 0 Å². The Morgan fingerprint density at radius 1 is 0.909 bits per heavy atom. The molecule has 0 N–H and O–H groups in total. The zero-order chi connectivity index (χ0) is 22.8. The number of nitrogens with zero attached hydrogens (tertiary/aromatic N) is 3. The van der Waals surface area contributed by atoms with Crippen molar-refractivity contribution in [2.24, 2.45) is 0 Å². The number of aryl methyl sites for hydroxylation is 1. The van der Waals surface area contributed by atoms with E-state index >= 15 is 0 Å². The Morgan fingerprint density at radius 2 is 1.64 bits per heavy atom. The van der Waals surface area contributed by atoms with Gasteiger partial charge in [0.05, 0.1) is 16.8 Å². The number of hydrogen-bond acceptors (Lipinski definition) is 4. The number of fused-ring (bicyclic) bond motifs is 1. The third-order valence-corrected chi connectivity index (χ3v) is 6.57. The van der Waals surface area contributed by atoms with Crippen LogP contribution in [0.4, 0.5) is 0 Å². The van der Waals surface area contributed by atoms with E-state index in [0.29, 0.717) is 21.3 Å². The Labute approximate surface area is 201 Å². The van der Waals surface area contributed by atoms with Crippen molar-refractivity contribution in [2.75, 3.05) is 0 Å². The van der Waals surface area contributed by atoms with Gasteiger partial charge in [0.25, 0.3) is 0 Å². The molecule has 0 atom stereocenters. The maximum Gasteiger partial charge on any atom is 0.137 e. The summed E-state index contributed by atoms with van der Waals surface area (Å²) in [6.07, 6.45) is 1.76. The number of nitriles is 1. The number of aromatic nitrogens is 2. The average Bonchev–Trinajstić information content (AvgIpc) is 3.34. The van der Waals surface area contributed by atoms with Crippen molar-refractivity contribution in [3.05, 3.63) is 106 Å². The van der Waals surface area contributed by atoms with Gasteiger partial charge in [-0.25, -0.2) is 9.97 Å². The second kappa shape index (κ2) is 8.99. The van der Waals surface area contributed by atoms with E-state index in [0.717, 1.165) is 33.3 Å². The van der Waals surface area contributed by atoms with E-state index in [9.17, 15) is 5.26 Å². The number of pyridine rings is 1. The molecule has 0 aliphatic rings. The first-order valence-electron chi connectivity index (χ1n) is 10.4. The zero-order valence-electron chi connectivity index (χ0n) is 17.8. The molecule has 0 saturated carbocycles. The van der Waals surface area contributed by atoms with Crippen LogP contribution in [0.2, 0.25) is 5.15 Å². The number of rotatable bonds is 4. The molecule has 158 valence electrons. The smallest absolute Gasteiger partial charge is 0.137 e. The van der Waals surface area contributed by atoms with Gasteiger partial charge in [-0.15, -0.1) is 11.3 Å². The average molecular weight is 464 g/mol. The summed E-state index contributed by atoms with van der Waals surface area (Å²) in [7, 11) is 0. The van der Waals surface area contributed by atoms with Crippen LogP contribution >= 0.6 is 22.9 Å². The summed E-state index contributed by atoms with van der Waals surface area (Å²) in [5, 5.41) is 13.8. The third kappa shape index (κ3) is 4.42. The molecule has 33 heavy (non-hydrogen) atoms. The van der Waals surface area contributed by atoms with Crippen LogP contribution in [0.25, 0.3) is 44.9 Å². The van der Waals surface area contributed by atoms with E-state index in [1.165, 1.54) is 16.9 Å². The van der Waals surface area contributed by atoms with Gasteiger partial charge in [-0.2, -0.15) is 5.26 Å². The first-order valence-corrected chi connectivity index (χ1v) is 11.7. The van der Waals surface area contributed by atoms with Crippen molar-refractivity contribution < 1.29 is 0 Å². The predicted molar refractivity (Wildman–Crippen MR) is 138 cm³/mol. The van der Waals surface area contributed by atoms with Gasteiger partial charge in [0.2, 0.25) is 0 Å². The van der Waals surface area contributed by atoms with E-state index in [-0.39, 0.29) is 0 Å². The van der Waals surface area contributed by atoms with Crippen LogP contribution < -0.4 is 0 Å². The highest BCUT2D eigenvalue weighted by Gasteiger charge is 2.12. The highest BCUT2D eigenvalue weighted by atomic mass is 35.5. The molecule has 0 radical (unpaired) electrons. The van der Waals surface area contributed by atoms with Gasteiger partial charge >= 0.3 is 0 Å². The van der Waals surface area contributed by atoms with Crippen LogP contribution in [0.15, 0.2) is 84.2 Å². The number of thiazole rings is 1. The summed E-state index contributed by atoms with van der Waals surface area (Å²) in [4.78, 5) is 9.20. The summed E-state index contributed by atoms with van der Waals surface area (Å²) in [5.41, 5.74) is 7.32. The Morgan fingerprint density at radius 3 is 2.39 bits per heavy atom. The molecule has 5 heteroatoms. The molecule has 0 bridgehead atoms. The molecule has 0 unspecified atom stereocenters. The summed E-state index contributed by atoms with van der Waals surface area (Å²) < 4.78 is 0. The summed E-state index contributed by atoms with van der Waals surface area (Å²) in [6, 6.07) is 28.8. The minimum Gasteiger partial charge on any atom is -0.235 e. The lowest BCUT2D eigenvalue weighted by Crippen LogP contribution is -1.88. The lowest BCUT2D eigenvalue weighted by Gasteiger charge is -2.04. The Kier molecular flexibility index (Phi) is 5.75. The van der Waals surface area contributed by atoms with Crippen molar-refractivity contribution >= 4 is 45.5 Å². The molecule has 5 aromatic rings. The topological polar surface area (TPSA) is 49.6 Å². The van der Waals surface area contributed by atoms with E-state index in [2.05, 4.69) is 53.5 Å². The van der Waals surface area contributed by atoms with Crippen LogP contribution in [0, 0.1) is 18.3 Å². The van der Waals surface area contributed by atoms with Crippen molar-refractivity contribution in [3.63, 3.8) is 0 Å². The van der Waals surface area contributed by atoms with E-state index < -0.39 is 0 Å². The molecule has 2 heterocycles. The molecule has 0 aliphatic carbocycles. The maximum absolute atomic E-state index is 9.82. The normalized spacial score (nSPS) is 11.5. The molecule has 3 aromatic carbocycles. The summed E-state index contributed by atoms with van der Waals surface area (Å²) in [6.45, 7) is 2.04. The van der Waals surface area contributed by atoms with Crippen molar-refractivity contribution in [1.82, 2.24) is 9.97 Å². The molecule has 2 aromatic heterocycles. The van der Waals surface area contributed by atoms with Gasteiger partial charge in [-0.3, -0.25) is 0 Å². The van der Waals surface area contributed by atoms with E-state index in [4.69, 9.17) is 16.6 Å². The highest BCUT2D eigenvalue weighted by molar-refractivity contribution is 7.11. The van der Waals surface area contributed by atoms with E-state index in [1.54, 1.807) is 6.08 Å². The van der Waals surface area contributed by atoms with Crippen LogP contribution in [-0.2, 0) is 0 Å². The Balaban J connectivity index is 1.46. The summed E-state index contributed by atoms with van der Waals surface area (Å²) >= 11 is 7.86. The Hall–Kier alpha value is -3.78. The minimum absolute atomic E-state index is 0.368. The molecule has 0 aliphatic heterocycles. The van der Waals surface area contributed by atoms with Crippen LogP contribution in [-0.4, -0.2) is 9.97 Å². The van der Waals surface area contributed by atoms with Gasteiger partial charge in [-0.05, 0) is 42.3 Å². The number of allylic oxidation sites excluding steroid dienone is 1. The van der Waals surface area contributed by atoms with Crippen molar-refractivity contribution in [3.8, 4) is 28.5 Å². The van der Waals surface area contributed by atoms with Crippen molar-refractivity contribution in [2.45, 2.75) is 6.92 Å². The van der Waals surface area contributed by atoms with Crippen LogP contribution in [0.3, 0.4) is 0 Å². The fraction of sp³-hybridized carbons (Fsp3) is 0.0357. The fourth-order valence-corrected chi connectivity index (χ4v) is 4.68. The molecule has 0 amide bonds. The standard InChI is InChI=1S/C28H18ClN3S/c1-18-7-12-25-22(13-18)14-23(27(29)31-25)15-24(16-30)28-32-26(17-33-28)21-10-8-20(9-11-21)19-5-3-2-4-6-19/h2-15,17H,1H3. The monoisotopic (exact) mass is 463 g/mol. The first-order chi connectivity index (χ1) is 16.1. The molecular weight excluding hydrogens is 446 g/mol. The fourth-order valence-electron chi connectivity index (χ4n) is 3.68. The minimum atomic E-state index is 0.368. The van der Waals surface area contributed by atoms with Crippen molar-refractivity contribution in [1.29, 1.82) is 5.26 Å². The first kappa shape index (κ1) is 21.1. The number of hydrogen-bond donors (Lipinski definition) is 0. The zero-order valence-corrected chi connectivity index (χ0v) is 19.4. The number of benzene rings is 3. The second-order valence-corrected chi connectivity index (χ2v) is 8.93. The Bertz CT molecular complexity index is 1530. The van der Waals surface area contributed by atoms with E-state index in [1.807, 2.05) is 48.7 Å². The molecule has 5 rings (SSSR count). The molecule has 3 nitrogen and oxygen atoms in total. The molecule has 0 fully saturated rings. The largest absolute Gasteiger partial charge is 0.235 e. The lowest BCUT2D eigenvalue weighted by atomic mass is 10.0. The maximum atomic E-state index is 9.82. The van der Waals surface area contributed by atoms with Gasteiger partial charge in [-0.1, -0.05) is 77.8 Å². The molecule has 0 spiro atoms. The summed E-state index contributed by atoms with van der Waals surface area (Å²) in [5.74, 6) is 0. The molecular formula is C28H18ClN3S. The third-order valence-electron chi connectivity index (χ3n) is 5.39. The SMILES string of the molecule is Cc1ccc2nc(Cl)c(C=C(C#N)c3nc(-c4ccc(-c5ccccc5)cc4)cs3)cc2c1. The van der Waals surface area contributed by atoms with Crippen LogP contribution in [0.5, 0.6) is 0 Å². The van der Waals surface area contributed by atoms with Crippen LogP contribution in [0.1, 0.15) is 16.1 Å². The van der Waals surface area contributed by atoms with Gasteiger partial charge in [0.1, 0.15) is 16.2 Å².